The molecule has 0 N–H and O–H groups in total. The molecule has 1 heterocycles. The highest BCUT2D eigenvalue weighted by Crippen LogP contribution is 2.22. The van der Waals surface area contributed by atoms with Gasteiger partial charge in [-0.15, -0.1) is 0 Å². The van der Waals surface area contributed by atoms with Gasteiger partial charge in [-0.2, -0.15) is 0 Å². The molecule has 28 heavy (non-hydrogen) atoms. The van der Waals surface area contributed by atoms with Crippen molar-refractivity contribution in [1.29, 1.82) is 0 Å². The fourth-order valence-electron chi connectivity index (χ4n) is 3.05. The van der Waals surface area contributed by atoms with Crippen LogP contribution >= 0.6 is 11.6 Å². The lowest BCUT2D eigenvalue weighted by Crippen LogP contribution is -2.36. The van der Waals surface area contributed by atoms with Crippen molar-refractivity contribution in [3.63, 3.8) is 0 Å². The van der Waals surface area contributed by atoms with Crippen molar-refractivity contribution in [2.75, 3.05) is 45.2 Å². The van der Waals surface area contributed by atoms with Crippen LogP contribution in [0.5, 0.6) is 0 Å². The summed E-state index contributed by atoms with van der Waals surface area (Å²) in [6, 6.07) is 14.6. The van der Waals surface area contributed by atoms with E-state index in [1.54, 1.807) is 23.1 Å². The quantitative estimate of drug-likeness (QED) is 0.712. The summed E-state index contributed by atoms with van der Waals surface area (Å²) >= 11 is 6.10. The van der Waals surface area contributed by atoms with Gasteiger partial charge in [0.15, 0.2) is 0 Å². The van der Waals surface area contributed by atoms with Gasteiger partial charge in [-0.1, -0.05) is 29.8 Å². The number of hydrogen-bond donors (Lipinski definition) is 0. The lowest BCUT2D eigenvalue weighted by molar-refractivity contribution is 0.0732. The molecule has 0 saturated carbocycles. The Labute approximate surface area is 170 Å². The van der Waals surface area contributed by atoms with Gasteiger partial charge in [0.2, 0.25) is 0 Å². The highest BCUT2D eigenvalue weighted by Gasteiger charge is 2.25. The largest absolute Gasteiger partial charge is 0.447 e. The molecule has 1 aliphatic rings. The highest BCUT2D eigenvalue weighted by atomic mass is 35.5. The van der Waals surface area contributed by atoms with Crippen LogP contribution < -0.4 is 4.90 Å². The van der Waals surface area contributed by atoms with E-state index in [0.717, 1.165) is 12.1 Å². The molecule has 0 aromatic heterocycles. The maximum atomic E-state index is 13.2. The van der Waals surface area contributed by atoms with Crippen LogP contribution in [0.2, 0.25) is 5.02 Å². The molecule has 1 saturated heterocycles. The molecule has 0 aliphatic carbocycles. The molecule has 148 valence electrons. The first-order valence-electron chi connectivity index (χ1n) is 9.17. The molecule has 1 aliphatic heterocycles. The zero-order chi connectivity index (χ0) is 20.1. The first-order chi connectivity index (χ1) is 13.4. The molecule has 0 spiro atoms. The van der Waals surface area contributed by atoms with Crippen molar-refractivity contribution in [3.05, 3.63) is 64.7 Å². The Morgan fingerprint density at radius 1 is 1.14 bits per heavy atom. The smallest absolute Gasteiger partial charge is 0.414 e. The Morgan fingerprint density at radius 3 is 2.61 bits per heavy atom. The number of halogens is 1. The van der Waals surface area contributed by atoms with E-state index in [4.69, 9.17) is 16.3 Å². The van der Waals surface area contributed by atoms with E-state index in [1.807, 2.05) is 49.3 Å². The molecule has 2 aromatic carbocycles. The summed E-state index contributed by atoms with van der Waals surface area (Å²) in [5.74, 6) is -0.0868. The van der Waals surface area contributed by atoms with E-state index >= 15 is 0 Å². The van der Waals surface area contributed by atoms with Gasteiger partial charge in [0, 0.05) is 35.9 Å². The van der Waals surface area contributed by atoms with Crippen LogP contribution in [0.3, 0.4) is 0 Å². The molecule has 1 fully saturated rings. The number of rotatable bonds is 7. The van der Waals surface area contributed by atoms with E-state index in [0.29, 0.717) is 42.5 Å². The maximum Gasteiger partial charge on any atom is 0.414 e. The van der Waals surface area contributed by atoms with E-state index < -0.39 is 0 Å². The predicted molar refractivity (Wildman–Crippen MR) is 110 cm³/mol. The van der Waals surface area contributed by atoms with Crippen molar-refractivity contribution in [2.24, 2.45) is 0 Å². The van der Waals surface area contributed by atoms with Gasteiger partial charge in [-0.3, -0.25) is 9.69 Å². The topological polar surface area (TPSA) is 53.1 Å². The van der Waals surface area contributed by atoms with Crippen molar-refractivity contribution in [2.45, 2.75) is 6.54 Å². The number of amides is 2. The number of carbonyl (C=O) groups excluding carboxylic acids is 2. The zero-order valence-electron chi connectivity index (χ0n) is 16.1. The van der Waals surface area contributed by atoms with Gasteiger partial charge in [0.25, 0.3) is 5.91 Å². The van der Waals surface area contributed by atoms with Crippen LogP contribution in [0.1, 0.15) is 15.9 Å². The monoisotopic (exact) mass is 401 g/mol. The second-order valence-electron chi connectivity index (χ2n) is 6.98. The number of ether oxygens (including phenoxy) is 1. The van der Waals surface area contributed by atoms with E-state index in [9.17, 15) is 9.59 Å². The summed E-state index contributed by atoms with van der Waals surface area (Å²) in [5, 5.41) is 0.645. The van der Waals surface area contributed by atoms with Crippen LogP contribution in [-0.2, 0) is 11.3 Å². The second-order valence-corrected chi connectivity index (χ2v) is 7.41. The summed E-state index contributed by atoms with van der Waals surface area (Å²) in [5.41, 5.74) is 2.18. The van der Waals surface area contributed by atoms with Crippen LogP contribution in [0.15, 0.2) is 48.5 Å². The van der Waals surface area contributed by atoms with Gasteiger partial charge >= 0.3 is 6.09 Å². The molecule has 2 amide bonds. The Hall–Kier alpha value is -2.57. The summed E-state index contributed by atoms with van der Waals surface area (Å²) in [4.78, 5) is 30.4. The average molecular weight is 402 g/mol. The Bertz CT molecular complexity index is 856. The number of carbonyl (C=O) groups is 2. The molecule has 0 radical (unpaired) electrons. The molecular formula is C21H24ClN3O3. The van der Waals surface area contributed by atoms with E-state index in [2.05, 4.69) is 0 Å². The molecule has 0 atom stereocenters. The van der Waals surface area contributed by atoms with Crippen molar-refractivity contribution >= 4 is 29.3 Å². The standard InChI is InChI=1S/C21H24ClN3O3/c1-23(2)9-10-24(15-16-5-3-7-18(22)13-16)20(26)17-6-4-8-19(14-17)25-11-12-28-21(25)27/h3-8,13-14H,9-12,15H2,1-2H3. The third-order valence-corrected chi connectivity index (χ3v) is 4.77. The van der Waals surface area contributed by atoms with E-state index in [1.165, 1.54) is 4.90 Å². The number of likely N-dealkylation sites (N-methyl/N-ethyl adjacent to an activating group) is 1. The SMILES string of the molecule is CN(C)CCN(Cc1cccc(Cl)c1)C(=O)c1cccc(N2CCOC2=O)c1. The molecule has 2 aromatic rings. The number of benzene rings is 2. The molecule has 0 unspecified atom stereocenters. The van der Waals surface area contributed by atoms with Crippen LogP contribution in [-0.4, -0.2) is 62.1 Å². The summed E-state index contributed by atoms with van der Waals surface area (Å²) in [6.45, 7) is 2.63. The molecule has 3 rings (SSSR count). The van der Waals surface area contributed by atoms with E-state index in [-0.39, 0.29) is 12.0 Å². The summed E-state index contributed by atoms with van der Waals surface area (Å²) in [7, 11) is 3.95. The third kappa shape index (κ3) is 5.03. The predicted octanol–water partition coefficient (Wildman–Crippen LogP) is 3.50. The van der Waals surface area contributed by atoms with Gasteiger partial charge < -0.3 is 14.5 Å². The molecule has 6 nitrogen and oxygen atoms in total. The Morgan fingerprint density at radius 2 is 1.93 bits per heavy atom. The molecule has 7 heteroatoms. The minimum absolute atomic E-state index is 0.0868. The normalized spacial score (nSPS) is 13.7. The lowest BCUT2D eigenvalue weighted by atomic mass is 10.1. The van der Waals surface area contributed by atoms with Crippen LogP contribution in [0.4, 0.5) is 10.5 Å². The number of cyclic esters (lactones) is 1. The van der Waals surface area contributed by atoms with Gasteiger partial charge in [-0.05, 0) is 50.0 Å². The van der Waals surface area contributed by atoms with Crippen molar-refractivity contribution in [1.82, 2.24) is 9.80 Å². The summed E-state index contributed by atoms with van der Waals surface area (Å²) < 4.78 is 5.00. The number of anilines is 1. The highest BCUT2D eigenvalue weighted by molar-refractivity contribution is 6.30. The van der Waals surface area contributed by atoms with Crippen molar-refractivity contribution in [3.8, 4) is 0 Å². The van der Waals surface area contributed by atoms with Crippen molar-refractivity contribution < 1.29 is 14.3 Å². The van der Waals surface area contributed by atoms with Gasteiger partial charge in [0.1, 0.15) is 6.61 Å². The van der Waals surface area contributed by atoms with Crippen LogP contribution in [0, 0.1) is 0 Å². The maximum absolute atomic E-state index is 13.2. The van der Waals surface area contributed by atoms with Crippen LogP contribution in [0.25, 0.3) is 0 Å². The first kappa shape index (κ1) is 20.2. The Kier molecular flexibility index (Phi) is 6.54. The molecule has 0 bridgehead atoms. The minimum Gasteiger partial charge on any atom is -0.447 e. The summed E-state index contributed by atoms with van der Waals surface area (Å²) in [6.07, 6.45) is -0.381. The second kappa shape index (κ2) is 9.08. The average Bonchev–Trinajstić information content (AvgIpc) is 3.10. The first-order valence-corrected chi connectivity index (χ1v) is 9.54. The zero-order valence-corrected chi connectivity index (χ0v) is 16.9. The molecular weight excluding hydrogens is 378 g/mol. The minimum atomic E-state index is -0.381. The third-order valence-electron chi connectivity index (χ3n) is 4.53. The Balaban J connectivity index is 1.82. The number of hydrogen-bond acceptors (Lipinski definition) is 4. The lowest BCUT2D eigenvalue weighted by Gasteiger charge is -2.25. The number of nitrogens with zero attached hydrogens (tertiary/aromatic N) is 3. The van der Waals surface area contributed by atoms with Gasteiger partial charge in [-0.25, -0.2) is 4.79 Å². The van der Waals surface area contributed by atoms with Gasteiger partial charge in [0.05, 0.1) is 6.54 Å². The fourth-order valence-corrected chi connectivity index (χ4v) is 3.26. The fraction of sp³-hybridized carbons (Fsp3) is 0.333.